The van der Waals surface area contributed by atoms with Crippen LogP contribution in [0.5, 0.6) is 0 Å². The van der Waals surface area contributed by atoms with E-state index in [9.17, 15) is 14.4 Å². The fourth-order valence-corrected chi connectivity index (χ4v) is 3.22. The SMILES string of the molecule is Cn1[nH]cc(C(=O)c2ccc(Br)c(CNC(=O)N3CCCC3)c2)c1=O. The lowest BCUT2D eigenvalue weighted by Gasteiger charge is -2.16. The Bertz CT molecular complexity index is 865. The average molecular weight is 407 g/mol. The van der Waals surface area contributed by atoms with E-state index >= 15 is 0 Å². The number of rotatable bonds is 4. The number of aryl methyl sites for hydroxylation is 1. The maximum Gasteiger partial charge on any atom is 0.317 e. The van der Waals surface area contributed by atoms with Crippen molar-refractivity contribution < 1.29 is 9.59 Å². The summed E-state index contributed by atoms with van der Waals surface area (Å²) in [6, 6.07) is 5.01. The molecule has 0 unspecified atom stereocenters. The molecule has 25 heavy (non-hydrogen) atoms. The first-order valence-electron chi connectivity index (χ1n) is 8.07. The highest BCUT2D eigenvalue weighted by atomic mass is 79.9. The normalized spacial score (nSPS) is 13.9. The van der Waals surface area contributed by atoms with E-state index in [-0.39, 0.29) is 22.9 Å². The van der Waals surface area contributed by atoms with Crippen LogP contribution in [0.3, 0.4) is 0 Å². The Hall–Kier alpha value is -2.35. The van der Waals surface area contributed by atoms with Gasteiger partial charge in [0.25, 0.3) is 5.56 Å². The number of carbonyl (C=O) groups excluding carboxylic acids is 2. The molecule has 132 valence electrons. The molecule has 1 aliphatic rings. The molecule has 7 nitrogen and oxygen atoms in total. The maximum atomic E-state index is 12.5. The Labute approximate surface area is 153 Å². The fraction of sp³-hybridized carbons (Fsp3) is 0.353. The number of carbonyl (C=O) groups is 2. The van der Waals surface area contributed by atoms with Gasteiger partial charge in [-0.25, -0.2) is 4.79 Å². The van der Waals surface area contributed by atoms with Gasteiger partial charge in [0.2, 0.25) is 0 Å². The monoisotopic (exact) mass is 406 g/mol. The Morgan fingerprint density at radius 2 is 2.00 bits per heavy atom. The number of halogens is 1. The van der Waals surface area contributed by atoms with Crippen molar-refractivity contribution in [2.24, 2.45) is 7.05 Å². The number of aromatic nitrogens is 2. The number of benzene rings is 1. The Balaban J connectivity index is 1.76. The summed E-state index contributed by atoms with van der Waals surface area (Å²) in [6.45, 7) is 1.87. The summed E-state index contributed by atoms with van der Waals surface area (Å²) in [4.78, 5) is 38.4. The molecule has 1 fully saturated rings. The fourth-order valence-electron chi connectivity index (χ4n) is 2.83. The maximum absolute atomic E-state index is 12.5. The summed E-state index contributed by atoms with van der Waals surface area (Å²) in [5, 5.41) is 5.57. The van der Waals surface area contributed by atoms with Crippen molar-refractivity contribution in [2.75, 3.05) is 13.1 Å². The molecular formula is C17H19BrN4O3. The number of hydrogen-bond donors (Lipinski definition) is 2. The van der Waals surface area contributed by atoms with Crippen LogP contribution in [0.25, 0.3) is 0 Å². The zero-order valence-corrected chi connectivity index (χ0v) is 15.4. The van der Waals surface area contributed by atoms with E-state index in [1.165, 1.54) is 10.9 Å². The van der Waals surface area contributed by atoms with Crippen LogP contribution in [-0.4, -0.2) is 39.6 Å². The largest absolute Gasteiger partial charge is 0.334 e. The van der Waals surface area contributed by atoms with Gasteiger partial charge in [0.15, 0.2) is 5.78 Å². The molecule has 2 heterocycles. The number of hydrogen-bond acceptors (Lipinski definition) is 3. The highest BCUT2D eigenvalue weighted by Gasteiger charge is 2.19. The van der Waals surface area contributed by atoms with Crippen LogP contribution in [0.15, 0.2) is 33.7 Å². The highest BCUT2D eigenvalue weighted by molar-refractivity contribution is 9.10. The van der Waals surface area contributed by atoms with Gasteiger partial charge >= 0.3 is 6.03 Å². The third kappa shape index (κ3) is 3.68. The minimum Gasteiger partial charge on any atom is -0.334 e. The molecule has 0 radical (unpaired) electrons. The summed E-state index contributed by atoms with van der Waals surface area (Å²) in [5.74, 6) is -0.346. The van der Waals surface area contributed by atoms with Gasteiger partial charge in [-0.2, -0.15) is 0 Å². The second-order valence-corrected chi connectivity index (χ2v) is 6.89. The van der Waals surface area contributed by atoms with E-state index in [4.69, 9.17) is 0 Å². The van der Waals surface area contributed by atoms with Crippen LogP contribution in [0.1, 0.15) is 34.3 Å². The lowest BCUT2D eigenvalue weighted by atomic mass is 10.0. The summed E-state index contributed by atoms with van der Waals surface area (Å²) in [7, 11) is 1.56. The molecule has 2 amide bonds. The third-order valence-corrected chi connectivity index (χ3v) is 5.09. The molecule has 1 aliphatic heterocycles. The van der Waals surface area contributed by atoms with Crippen molar-refractivity contribution in [3.8, 4) is 0 Å². The van der Waals surface area contributed by atoms with Gasteiger partial charge in [-0.3, -0.25) is 14.3 Å². The first kappa shape index (κ1) is 17.5. The molecule has 0 atom stereocenters. The predicted octanol–water partition coefficient (Wildman–Crippen LogP) is 2.01. The van der Waals surface area contributed by atoms with Gasteiger partial charge in [0.1, 0.15) is 5.56 Å². The number of likely N-dealkylation sites (tertiary alicyclic amines) is 1. The lowest BCUT2D eigenvalue weighted by molar-refractivity contribution is 0.103. The molecule has 0 spiro atoms. The Morgan fingerprint density at radius 1 is 1.28 bits per heavy atom. The minimum absolute atomic E-state index is 0.0943. The van der Waals surface area contributed by atoms with E-state index in [0.29, 0.717) is 12.1 Å². The smallest absolute Gasteiger partial charge is 0.317 e. The third-order valence-electron chi connectivity index (χ3n) is 4.31. The van der Waals surface area contributed by atoms with Crippen LogP contribution < -0.4 is 10.9 Å². The van der Waals surface area contributed by atoms with E-state index < -0.39 is 0 Å². The summed E-state index contributed by atoms with van der Waals surface area (Å²) >= 11 is 3.44. The van der Waals surface area contributed by atoms with Gasteiger partial charge in [-0.15, -0.1) is 0 Å². The van der Waals surface area contributed by atoms with E-state index in [2.05, 4.69) is 26.3 Å². The molecule has 2 N–H and O–H groups in total. The molecule has 2 aromatic rings. The van der Waals surface area contributed by atoms with Crippen molar-refractivity contribution in [1.82, 2.24) is 20.0 Å². The van der Waals surface area contributed by atoms with Crippen LogP contribution in [0.2, 0.25) is 0 Å². The number of ketones is 1. The molecule has 0 aliphatic carbocycles. The van der Waals surface area contributed by atoms with Crippen molar-refractivity contribution in [3.05, 3.63) is 55.9 Å². The topological polar surface area (TPSA) is 87.2 Å². The molecule has 0 bridgehead atoms. The minimum atomic E-state index is -0.364. The zero-order valence-electron chi connectivity index (χ0n) is 13.8. The second kappa shape index (κ2) is 7.26. The molecule has 1 saturated heterocycles. The second-order valence-electron chi connectivity index (χ2n) is 6.04. The van der Waals surface area contributed by atoms with Crippen molar-refractivity contribution in [3.63, 3.8) is 0 Å². The first-order chi connectivity index (χ1) is 12.0. The van der Waals surface area contributed by atoms with Crippen LogP contribution in [0.4, 0.5) is 4.79 Å². The average Bonchev–Trinajstić information content (AvgIpc) is 3.25. The van der Waals surface area contributed by atoms with Crippen molar-refractivity contribution >= 4 is 27.7 Å². The quantitative estimate of drug-likeness (QED) is 0.761. The summed E-state index contributed by atoms with van der Waals surface area (Å²) in [6.07, 6.45) is 3.47. The van der Waals surface area contributed by atoms with E-state index in [1.807, 2.05) is 0 Å². The molecule has 3 rings (SSSR count). The number of aromatic amines is 1. The van der Waals surface area contributed by atoms with Gasteiger partial charge in [-0.05, 0) is 36.6 Å². The van der Waals surface area contributed by atoms with Crippen molar-refractivity contribution in [2.45, 2.75) is 19.4 Å². The zero-order chi connectivity index (χ0) is 18.0. The number of urea groups is 1. The number of H-pyrrole nitrogens is 1. The molecule has 1 aromatic heterocycles. The first-order valence-corrected chi connectivity index (χ1v) is 8.87. The molecule has 0 saturated carbocycles. The van der Waals surface area contributed by atoms with Gasteiger partial charge in [-0.1, -0.05) is 15.9 Å². The number of amides is 2. The van der Waals surface area contributed by atoms with E-state index in [0.717, 1.165) is 36.0 Å². The molecule has 8 heteroatoms. The lowest BCUT2D eigenvalue weighted by Crippen LogP contribution is -2.37. The van der Waals surface area contributed by atoms with Crippen LogP contribution >= 0.6 is 15.9 Å². The van der Waals surface area contributed by atoms with Crippen LogP contribution in [0, 0.1) is 0 Å². The van der Waals surface area contributed by atoms with Crippen LogP contribution in [-0.2, 0) is 13.6 Å². The molecule has 1 aromatic carbocycles. The van der Waals surface area contributed by atoms with E-state index in [1.54, 1.807) is 30.1 Å². The highest BCUT2D eigenvalue weighted by Crippen LogP contribution is 2.20. The number of nitrogens with one attached hydrogen (secondary N) is 2. The molecular weight excluding hydrogens is 388 g/mol. The Morgan fingerprint density at radius 3 is 2.64 bits per heavy atom. The summed E-state index contributed by atoms with van der Waals surface area (Å²) < 4.78 is 2.05. The predicted molar refractivity (Wildman–Crippen MR) is 96.7 cm³/mol. The standard InChI is InChI=1S/C17H19BrN4O3/c1-21-16(24)13(10-20-21)15(23)11-4-5-14(18)12(8-11)9-19-17(25)22-6-2-3-7-22/h4-5,8,10,20H,2-3,6-7,9H2,1H3,(H,19,25). The Kier molecular flexibility index (Phi) is 5.08. The van der Waals surface area contributed by atoms with Gasteiger partial charge in [0.05, 0.1) is 0 Å². The van der Waals surface area contributed by atoms with Gasteiger partial charge < -0.3 is 15.3 Å². The number of nitrogens with zero attached hydrogens (tertiary/aromatic N) is 2. The van der Waals surface area contributed by atoms with Gasteiger partial charge in [0, 0.05) is 42.9 Å². The van der Waals surface area contributed by atoms with Crippen molar-refractivity contribution in [1.29, 1.82) is 0 Å². The summed E-state index contributed by atoms with van der Waals surface area (Å²) in [5.41, 5.74) is 0.921.